The van der Waals surface area contributed by atoms with E-state index in [9.17, 15) is 21.6 Å². The fourth-order valence-corrected chi connectivity index (χ4v) is 7.12. The Morgan fingerprint density at radius 3 is 2.47 bits per heavy atom. The lowest BCUT2D eigenvalue weighted by molar-refractivity contribution is -0.120. The maximum absolute atomic E-state index is 12.9. The minimum atomic E-state index is -3.74. The van der Waals surface area contributed by atoms with Crippen molar-refractivity contribution in [2.24, 2.45) is 5.92 Å². The summed E-state index contributed by atoms with van der Waals surface area (Å²) in [6, 6.07) is 4.63. The molecule has 0 spiro atoms. The van der Waals surface area contributed by atoms with Crippen LogP contribution in [0.25, 0.3) is 10.2 Å². The molecule has 0 saturated carbocycles. The summed E-state index contributed by atoms with van der Waals surface area (Å²) in [5, 5.41) is 6.88. The number of anilines is 1. The molecular weight excluding hydrogens is 476 g/mol. The molecule has 2 aromatic heterocycles. The van der Waals surface area contributed by atoms with Crippen molar-refractivity contribution < 1.29 is 26.2 Å². The Balaban J connectivity index is 1.43. The van der Waals surface area contributed by atoms with Crippen LogP contribution in [0.2, 0.25) is 0 Å². The number of hydrogen-bond donors (Lipinski definition) is 1. The average molecular weight is 499 g/mol. The maximum atomic E-state index is 12.9. The van der Waals surface area contributed by atoms with Crippen LogP contribution >= 0.6 is 11.3 Å². The quantitative estimate of drug-likeness (QED) is 0.565. The molecule has 1 saturated heterocycles. The van der Waals surface area contributed by atoms with Gasteiger partial charge in [-0.3, -0.25) is 4.79 Å². The van der Waals surface area contributed by atoms with Gasteiger partial charge in [0.15, 0.2) is 20.7 Å². The minimum Gasteiger partial charge on any atom is -0.360 e. The molecule has 1 aromatic carbocycles. The highest BCUT2D eigenvalue weighted by molar-refractivity contribution is 7.90. The Labute approximate surface area is 189 Å². The number of fused-ring (bicyclic) bond motifs is 1. The van der Waals surface area contributed by atoms with E-state index in [0.29, 0.717) is 33.9 Å². The summed E-state index contributed by atoms with van der Waals surface area (Å²) in [4.78, 5) is 17.4. The molecule has 0 unspecified atom stereocenters. The van der Waals surface area contributed by atoms with Crippen LogP contribution in [0.4, 0.5) is 5.13 Å². The predicted octanol–water partition coefficient (Wildman–Crippen LogP) is 2.34. The molecule has 10 nitrogen and oxygen atoms in total. The van der Waals surface area contributed by atoms with Gasteiger partial charge in [0.25, 0.3) is 0 Å². The van der Waals surface area contributed by atoms with Crippen molar-refractivity contribution in [2.45, 2.75) is 36.5 Å². The second kappa shape index (κ2) is 8.21. The lowest BCUT2D eigenvalue weighted by Gasteiger charge is -2.30. The number of amides is 1. The average Bonchev–Trinajstić information content (AvgIpc) is 3.28. The van der Waals surface area contributed by atoms with Gasteiger partial charge in [-0.1, -0.05) is 16.5 Å². The summed E-state index contributed by atoms with van der Waals surface area (Å²) >= 11 is 1.19. The van der Waals surface area contributed by atoms with E-state index in [1.165, 1.54) is 27.8 Å². The van der Waals surface area contributed by atoms with Crippen molar-refractivity contribution in [3.63, 3.8) is 0 Å². The second-order valence-corrected chi connectivity index (χ2v) is 12.7. The number of hydrogen-bond acceptors (Lipinski definition) is 9. The Morgan fingerprint density at radius 2 is 1.88 bits per heavy atom. The molecular formula is C19H22N4O6S3. The van der Waals surface area contributed by atoms with Crippen LogP contribution in [-0.4, -0.2) is 56.5 Å². The molecule has 0 atom stereocenters. The van der Waals surface area contributed by atoms with Crippen LogP contribution in [0, 0.1) is 19.8 Å². The van der Waals surface area contributed by atoms with E-state index >= 15 is 0 Å². The summed E-state index contributed by atoms with van der Waals surface area (Å²) in [5.74, 6) is -0.344. The second-order valence-electron chi connectivity index (χ2n) is 7.74. The zero-order chi connectivity index (χ0) is 23.3. The molecule has 4 rings (SSSR count). The fraction of sp³-hybridized carbons (Fsp3) is 0.421. The molecule has 32 heavy (non-hydrogen) atoms. The van der Waals surface area contributed by atoms with E-state index in [1.807, 2.05) is 0 Å². The predicted molar refractivity (Wildman–Crippen MR) is 119 cm³/mol. The first-order valence-corrected chi connectivity index (χ1v) is 14.0. The summed E-state index contributed by atoms with van der Waals surface area (Å²) in [5.41, 5.74) is 0.912. The van der Waals surface area contributed by atoms with Crippen molar-refractivity contribution in [1.29, 1.82) is 0 Å². The number of benzene rings is 1. The van der Waals surface area contributed by atoms with Gasteiger partial charge in [0.05, 0.1) is 15.1 Å². The highest BCUT2D eigenvalue weighted by atomic mass is 32.2. The van der Waals surface area contributed by atoms with Crippen LogP contribution < -0.4 is 5.32 Å². The molecule has 1 N–H and O–H groups in total. The Hall–Kier alpha value is -2.35. The molecule has 0 radical (unpaired) electrons. The first kappa shape index (κ1) is 22.8. The van der Waals surface area contributed by atoms with Crippen molar-refractivity contribution >= 4 is 52.5 Å². The van der Waals surface area contributed by atoms with Gasteiger partial charge in [-0.05, 0) is 44.9 Å². The normalized spacial score (nSPS) is 16.5. The molecule has 1 fully saturated rings. The Bertz CT molecular complexity index is 1380. The minimum absolute atomic E-state index is 0.0864. The van der Waals surface area contributed by atoms with Crippen molar-refractivity contribution in [1.82, 2.24) is 14.4 Å². The monoisotopic (exact) mass is 498 g/mol. The SMILES string of the molecule is Cc1noc(C)c1S(=O)(=O)N1CCC(C(=O)Nc2nc3ccc(S(C)(=O)=O)cc3s2)CC1. The maximum Gasteiger partial charge on any atom is 0.248 e. The molecule has 1 amide bonds. The molecule has 13 heteroatoms. The van der Waals surface area contributed by atoms with Gasteiger partial charge >= 0.3 is 0 Å². The number of carbonyl (C=O) groups is 1. The van der Waals surface area contributed by atoms with E-state index in [1.54, 1.807) is 19.9 Å². The van der Waals surface area contributed by atoms with Crippen LogP contribution in [0.15, 0.2) is 32.5 Å². The van der Waals surface area contributed by atoms with Gasteiger partial charge in [0, 0.05) is 25.3 Å². The van der Waals surface area contributed by atoms with Gasteiger partial charge in [-0.25, -0.2) is 21.8 Å². The highest BCUT2D eigenvalue weighted by Crippen LogP contribution is 2.31. The zero-order valence-electron chi connectivity index (χ0n) is 17.7. The topological polar surface area (TPSA) is 140 Å². The number of thiazole rings is 1. The van der Waals surface area contributed by atoms with Crippen molar-refractivity contribution in [2.75, 3.05) is 24.7 Å². The third-order valence-electron chi connectivity index (χ3n) is 5.41. The number of aromatic nitrogens is 2. The molecule has 1 aliphatic heterocycles. The third kappa shape index (κ3) is 4.29. The molecule has 0 aliphatic carbocycles. The molecule has 0 bridgehead atoms. The Morgan fingerprint density at radius 1 is 1.19 bits per heavy atom. The Kier molecular flexibility index (Phi) is 5.86. The number of aryl methyl sites for hydroxylation is 2. The van der Waals surface area contributed by atoms with Gasteiger partial charge in [0.1, 0.15) is 10.6 Å². The smallest absolute Gasteiger partial charge is 0.248 e. The van der Waals surface area contributed by atoms with E-state index in [2.05, 4.69) is 15.5 Å². The van der Waals surface area contributed by atoms with Crippen LogP contribution in [0.1, 0.15) is 24.3 Å². The van der Waals surface area contributed by atoms with Gasteiger partial charge < -0.3 is 9.84 Å². The van der Waals surface area contributed by atoms with Crippen LogP contribution in [0.5, 0.6) is 0 Å². The van der Waals surface area contributed by atoms with Crippen LogP contribution in [0.3, 0.4) is 0 Å². The summed E-state index contributed by atoms with van der Waals surface area (Å²) in [6.45, 7) is 3.56. The van der Waals surface area contributed by atoms with E-state index in [0.717, 1.165) is 6.26 Å². The summed E-state index contributed by atoms with van der Waals surface area (Å²) < 4.78 is 56.3. The van der Waals surface area contributed by atoms with Gasteiger partial charge in [0.2, 0.25) is 15.9 Å². The molecule has 3 aromatic rings. The number of carbonyl (C=O) groups excluding carboxylic acids is 1. The summed E-state index contributed by atoms with van der Waals surface area (Å²) in [6.07, 6.45) is 1.88. The van der Waals surface area contributed by atoms with E-state index < -0.39 is 19.9 Å². The number of nitrogens with one attached hydrogen (secondary N) is 1. The first-order chi connectivity index (χ1) is 15.0. The van der Waals surface area contributed by atoms with Crippen molar-refractivity contribution in [3.05, 3.63) is 29.7 Å². The highest BCUT2D eigenvalue weighted by Gasteiger charge is 2.35. The zero-order valence-corrected chi connectivity index (χ0v) is 20.1. The first-order valence-electron chi connectivity index (χ1n) is 9.81. The van der Waals surface area contributed by atoms with E-state index in [4.69, 9.17) is 4.52 Å². The molecule has 172 valence electrons. The largest absolute Gasteiger partial charge is 0.360 e. The number of rotatable bonds is 5. The number of piperidine rings is 1. The number of sulfone groups is 1. The standard InChI is InChI=1S/C19H22N4O6S3/c1-11-17(12(2)29-22-11)32(27,28)23-8-6-13(7-9-23)18(24)21-19-20-15-5-4-14(31(3,25)26)10-16(15)30-19/h4-5,10,13H,6-9H2,1-3H3,(H,20,21,24). The van der Waals surface area contributed by atoms with Gasteiger partial charge in [-0.2, -0.15) is 4.31 Å². The third-order valence-corrected chi connectivity index (χ3v) is 9.60. The van der Waals surface area contributed by atoms with E-state index in [-0.39, 0.29) is 40.5 Å². The number of sulfonamides is 1. The lowest BCUT2D eigenvalue weighted by atomic mass is 9.97. The summed E-state index contributed by atoms with van der Waals surface area (Å²) in [7, 11) is -7.07. The molecule has 1 aliphatic rings. The number of nitrogens with zero attached hydrogens (tertiary/aromatic N) is 3. The van der Waals surface area contributed by atoms with Crippen LogP contribution in [-0.2, 0) is 24.7 Å². The van der Waals surface area contributed by atoms with Gasteiger partial charge in [-0.15, -0.1) is 0 Å². The molecule has 3 heterocycles. The lowest BCUT2D eigenvalue weighted by Crippen LogP contribution is -2.41. The fourth-order valence-electron chi connectivity index (χ4n) is 3.73. The van der Waals surface area contributed by atoms with Crippen molar-refractivity contribution in [3.8, 4) is 0 Å².